The molecule has 2 aromatic rings. The highest BCUT2D eigenvalue weighted by molar-refractivity contribution is 6.19. The van der Waals surface area contributed by atoms with Crippen molar-refractivity contribution < 1.29 is 9.53 Å². The molecule has 0 heterocycles. The zero-order valence-electron chi connectivity index (χ0n) is 10.5. The third-order valence-electron chi connectivity index (χ3n) is 2.73. The maximum Gasteiger partial charge on any atom is 0.164 e. The number of halogens is 1. The zero-order valence-corrected chi connectivity index (χ0v) is 11.3. The molecule has 2 aromatic carbocycles. The van der Waals surface area contributed by atoms with Crippen molar-refractivity contribution in [2.45, 2.75) is 13.0 Å². The lowest BCUT2D eigenvalue weighted by Crippen LogP contribution is -2.01. The van der Waals surface area contributed by atoms with Gasteiger partial charge in [0.15, 0.2) is 5.78 Å². The first kappa shape index (κ1) is 13.6. The smallest absolute Gasteiger partial charge is 0.164 e. The van der Waals surface area contributed by atoms with E-state index >= 15 is 0 Å². The van der Waals surface area contributed by atoms with Gasteiger partial charge in [-0.3, -0.25) is 4.79 Å². The number of rotatable bonds is 6. The van der Waals surface area contributed by atoms with Gasteiger partial charge >= 0.3 is 0 Å². The van der Waals surface area contributed by atoms with Crippen LogP contribution in [0.2, 0.25) is 0 Å². The summed E-state index contributed by atoms with van der Waals surface area (Å²) in [6.07, 6.45) is 0.351. The van der Waals surface area contributed by atoms with E-state index < -0.39 is 0 Å². The van der Waals surface area contributed by atoms with Gasteiger partial charge in [-0.1, -0.05) is 42.5 Å². The summed E-state index contributed by atoms with van der Waals surface area (Å²) in [6, 6.07) is 17.1. The Balaban J connectivity index is 2.01. The minimum Gasteiger partial charge on any atom is -0.489 e. The molecule has 98 valence electrons. The summed E-state index contributed by atoms with van der Waals surface area (Å²) in [4.78, 5) is 11.7. The number of ketones is 1. The normalized spacial score (nSPS) is 10.2. The van der Waals surface area contributed by atoms with Gasteiger partial charge in [0.2, 0.25) is 0 Å². The van der Waals surface area contributed by atoms with E-state index in [-0.39, 0.29) is 5.78 Å². The number of hydrogen-bond acceptors (Lipinski definition) is 2. The van der Waals surface area contributed by atoms with Crippen LogP contribution in [-0.2, 0) is 6.61 Å². The first-order valence-corrected chi connectivity index (χ1v) is 6.69. The van der Waals surface area contributed by atoms with Crippen LogP contribution in [0.5, 0.6) is 5.75 Å². The van der Waals surface area contributed by atoms with Gasteiger partial charge in [0.1, 0.15) is 12.4 Å². The van der Waals surface area contributed by atoms with Crippen LogP contribution in [0.4, 0.5) is 0 Å². The van der Waals surface area contributed by atoms with Crippen molar-refractivity contribution in [2.24, 2.45) is 0 Å². The molecular weight excluding hydrogens is 260 g/mol. The van der Waals surface area contributed by atoms with E-state index in [1.54, 1.807) is 12.1 Å². The third kappa shape index (κ3) is 4.11. The van der Waals surface area contributed by atoms with Crippen molar-refractivity contribution in [3.63, 3.8) is 0 Å². The topological polar surface area (TPSA) is 26.3 Å². The lowest BCUT2D eigenvalue weighted by molar-refractivity contribution is 0.0988. The van der Waals surface area contributed by atoms with Crippen molar-refractivity contribution in [1.29, 1.82) is 0 Å². The standard InChI is InChI=1S/C16H15ClO2/c17-10-9-16(18)14-7-4-8-15(11-14)19-12-13-5-2-1-3-6-13/h1-8,11H,9-10,12H2. The fraction of sp³-hybridized carbons (Fsp3) is 0.188. The number of carbonyl (C=O) groups is 1. The highest BCUT2D eigenvalue weighted by Crippen LogP contribution is 2.16. The van der Waals surface area contributed by atoms with Gasteiger partial charge in [-0.2, -0.15) is 0 Å². The summed E-state index contributed by atoms with van der Waals surface area (Å²) in [5.74, 6) is 1.08. The fourth-order valence-corrected chi connectivity index (χ4v) is 1.90. The Bertz CT molecular complexity index is 537. The largest absolute Gasteiger partial charge is 0.489 e. The first-order valence-electron chi connectivity index (χ1n) is 6.15. The molecule has 0 N–H and O–H groups in total. The molecule has 0 aliphatic heterocycles. The molecule has 0 bridgehead atoms. The van der Waals surface area contributed by atoms with E-state index in [1.165, 1.54) is 0 Å². The second-order valence-electron chi connectivity index (χ2n) is 4.16. The highest BCUT2D eigenvalue weighted by Gasteiger charge is 2.06. The highest BCUT2D eigenvalue weighted by atomic mass is 35.5. The Morgan fingerprint density at radius 2 is 1.84 bits per heavy atom. The average Bonchev–Trinajstić information content (AvgIpc) is 2.47. The summed E-state index contributed by atoms with van der Waals surface area (Å²) >= 11 is 5.58. The Morgan fingerprint density at radius 1 is 1.05 bits per heavy atom. The Hall–Kier alpha value is -1.80. The van der Waals surface area contributed by atoms with Gasteiger partial charge in [0, 0.05) is 17.9 Å². The molecule has 0 radical (unpaired) electrons. The van der Waals surface area contributed by atoms with Crippen LogP contribution in [0.15, 0.2) is 54.6 Å². The Morgan fingerprint density at radius 3 is 2.58 bits per heavy atom. The Labute approximate surface area is 118 Å². The van der Waals surface area contributed by atoms with Gasteiger partial charge in [-0.25, -0.2) is 0 Å². The molecule has 0 unspecified atom stereocenters. The van der Waals surface area contributed by atoms with E-state index in [4.69, 9.17) is 16.3 Å². The van der Waals surface area contributed by atoms with E-state index in [0.29, 0.717) is 30.2 Å². The van der Waals surface area contributed by atoms with Crippen LogP contribution < -0.4 is 4.74 Å². The van der Waals surface area contributed by atoms with Crippen molar-refractivity contribution >= 4 is 17.4 Å². The van der Waals surface area contributed by atoms with Crippen LogP contribution in [0.25, 0.3) is 0 Å². The SMILES string of the molecule is O=C(CCCl)c1cccc(OCc2ccccc2)c1. The molecule has 0 atom stereocenters. The zero-order chi connectivity index (χ0) is 13.5. The number of benzene rings is 2. The van der Waals surface area contributed by atoms with Crippen LogP contribution in [0.1, 0.15) is 22.3 Å². The molecule has 0 aliphatic carbocycles. The van der Waals surface area contributed by atoms with Crippen molar-refractivity contribution in [1.82, 2.24) is 0 Å². The number of Topliss-reactive ketones (excluding diaryl/α,β-unsaturated/α-hetero) is 1. The molecule has 0 saturated heterocycles. The molecule has 3 heteroatoms. The van der Waals surface area contributed by atoms with Crippen LogP contribution >= 0.6 is 11.6 Å². The molecule has 0 spiro atoms. The van der Waals surface area contributed by atoms with E-state index in [2.05, 4.69) is 0 Å². The first-order chi connectivity index (χ1) is 9.29. The molecule has 0 amide bonds. The van der Waals surface area contributed by atoms with E-state index in [0.717, 1.165) is 5.56 Å². The summed E-state index contributed by atoms with van der Waals surface area (Å²) in [5.41, 5.74) is 1.74. The molecule has 0 aliphatic rings. The van der Waals surface area contributed by atoms with Crippen molar-refractivity contribution in [2.75, 3.05) is 5.88 Å². The maximum absolute atomic E-state index is 11.7. The minimum absolute atomic E-state index is 0.0418. The quantitative estimate of drug-likeness (QED) is 0.586. The van der Waals surface area contributed by atoms with Gasteiger partial charge in [-0.05, 0) is 17.7 Å². The van der Waals surface area contributed by atoms with Crippen LogP contribution in [0, 0.1) is 0 Å². The number of ether oxygens (including phenoxy) is 1. The van der Waals surface area contributed by atoms with Gasteiger partial charge in [-0.15, -0.1) is 11.6 Å². The maximum atomic E-state index is 11.7. The number of alkyl halides is 1. The molecule has 2 nitrogen and oxygen atoms in total. The second kappa shape index (κ2) is 6.95. The molecule has 0 saturated carbocycles. The predicted octanol–water partition coefficient (Wildman–Crippen LogP) is 4.08. The molecule has 2 rings (SSSR count). The van der Waals surface area contributed by atoms with E-state index in [1.807, 2.05) is 42.5 Å². The monoisotopic (exact) mass is 274 g/mol. The summed E-state index contributed by atoms with van der Waals surface area (Å²) in [5, 5.41) is 0. The number of carbonyl (C=O) groups excluding carboxylic acids is 1. The fourth-order valence-electron chi connectivity index (χ4n) is 1.73. The summed E-state index contributed by atoms with van der Waals surface area (Å²) < 4.78 is 5.68. The average molecular weight is 275 g/mol. The van der Waals surface area contributed by atoms with Crippen molar-refractivity contribution in [3.05, 3.63) is 65.7 Å². The van der Waals surface area contributed by atoms with Gasteiger partial charge < -0.3 is 4.74 Å². The third-order valence-corrected chi connectivity index (χ3v) is 2.91. The molecule has 0 aromatic heterocycles. The molecule has 0 fully saturated rings. The van der Waals surface area contributed by atoms with E-state index in [9.17, 15) is 4.79 Å². The van der Waals surface area contributed by atoms with Crippen LogP contribution in [-0.4, -0.2) is 11.7 Å². The molecule has 19 heavy (non-hydrogen) atoms. The van der Waals surface area contributed by atoms with Crippen molar-refractivity contribution in [3.8, 4) is 5.75 Å². The Kier molecular flexibility index (Phi) is 4.99. The lowest BCUT2D eigenvalue weighted by Gasteiger charge is -2.07. The van der Waals surface area contributed by atoms with Gasteiger partial charge in [0.05, 0.1) is 0 Å². The molecular formula is C16H15ClO2. The van der Waals surface area contributed by atoms with Crippen LogP contribution in [0.3, 0.4) is 0 Å². The summed E-state index contributed by atoms with van der Waals surface area (Å²) in [7, 11) is 0. The predicted molar refractivity (Wildman–Crippen MR) is 76.9 cm³/mol. The summed E-state index contributed by atoms with van der Waals surface area (Å²) in [6.45, 7) is 0.494. The minimum atomic E-state index is 0.0418. The number of hydrogen-bond donors (Lipinski definition) is 0. The second-order valence-corrected chi connectivity index (χ2v) is 4.54. The van der Waals surface area contributed by atoms with Gasteiger partial charge in [0.25, 0.3) is 0 Å². The lowest BCUT2D eigenvalue weighted by atomic mass is 10.1.